The van der Waals surface area contributed by atoms with Gasteiger partial charge in [-0.25, -0.2) is 14.8 Å². The number of aromatic nitrogens is 4. The van der Waals surface area contributed by atoms with Crippen LogP contribution in [0.2, 0.25) is 0 Å². The molecule has 0 radical (unpaired) electrons. The zero-order valence-electron chi connectivity index (χ0n) is 41.1. The predicted molar refractivity (Wildman–Crippen MR) is 265 cm³/mol. The number of carbonyl (C=O) groups is 11. The molecule has 0 spiro atoms. The van der Waals surface area contributed by atoms with Gasteiger partial charge in [0.1, 0.15) is 23.4 Å². The number of nitrogens with zero attached hydrogens (tertiary/aromatic N) is 5. The summed E-state index contributed by atoms with van der Waals surface area (Å²) in [6.45, 7) is 1.96. The number of benzene rings is 1. The Kier molecular flexibility index (Phi) is 23.5. The summed E-state index contributed by atoms with van der Waals surface area (Å²) in [7, 11) is 0. The number of nitrogens with two attached hydrogens (primary N) is 1. The van der Waals surface area contributed by atoms with Gasteiger partial charge in [0.25, 0.3) is 5.56 Å². The monoisotopic (exact) mass is 1070 g/mol. The number of nitrogens with one attached hydrogen (secondary N) is 3. The molecule has 3 heterocycles. The molecule has 26 nitrogen and oxygen atoms in total. The molecule has 4 rings (SSSR count). The molecule has 1 aliphatic heterocycles. The number of carbonyl (C=O) groups excluding carboxylic acids is 6. The van der Waals surface area contributed by atoms with Crippen LogP contribution in [0.1, 0.15) is 79.4 Å². The zero-order valence-corrected chi connectivity index (χ0v) is 41.9. The van der Waals surface area contributed by atoms with Crippen molar-refractivity contribution >= 4 is 93.7 Å². The van der Waals surface area contributed by atoms with Crippen LogP contribution in [-0.2, 0) is 60.8 Å². The molecular weight excluding hydrogens is 1010 g/mol. The number of aliphatic carboxylic acids is 5. The number of amides is 2. The number of hydrogen-bond donors (Lipinski definition) is 9. The summed E-state index contributed by atoms with van der Waals surface area (Å²) in [5.74, 6) is -16.1. The molecule has 0 bridgehead atoms. The molecule has 1 fully saturated rings. The number of H-pyrrole nitrogens is 1. The van der Waals surface area contributed by atoms with Gasteiger partial charge in [-0.15, -0.1) is 0 Å². The molecule has 0 unspecified atom stereocenters. The van der Waals surface area contributed by atoms with Crippen LogP contribution < -0.4 is 21.9 Å². The molecular formula is C48H61N9O17S. The summed E-state index contributed by atoms with van der Waals surface area (Å²) in [4.78, 5) is 167. The Labute approximate surface area is 432 Å². The third-order valence-electron chi connectivity index (χ3n) is 12.4. The van der Waals surface area contributed by atoms with Crippen molar-refractivity contribution in [1.29, 1.82) is 0 Å². The number of Topliss-reactive ketones (excluding diaryl/α,β-unsaturated/α-hetero) is 4. The van der Waals surface area contributed by atoms with Gasteiger partial charge in [0.05, 0.1) is 48.5 Å². The fraction of sp³-hybridized carbons (Fsp3) is 0.521. The van der Waals surface area contributed by atoms with Crippen LogP contribution in [0.4, 0.5) is 5.95 Å². The van der Waals surface area contributed by atoms with E-state index in [0.717, 1.165) is 5.56 Å². The van der Waals surface area contributed by atoms with Crippen molar-refractivity contribution in [2.45, 2.75) is 76.7 Å². The highest BCUT2D eigenvalue weighted by atomic mass is 32.2. The summed E-state index contributed by atoms with van der Waals surface area (Å²) < 4.78 is 0. The SMILES string of the molecule is CSC[C@H](CC(=O)C[C@H](CC(=O)C[C@H](CC(=O)CN1CCN(CCNC(=O)C[C@H](NC(=O)CC[C@H](CC(=O)c2ccc(CCc3cnc4nc(N)[nH]c(=O)c4n3)cc2)C(=O)O)C(=O)O)CC1)C(=O)O)C(=O)O)C(=O)O. The lowest BCUT2D eigenvalue weighted by atomic mass is 9.88. The van der Waals surface area contributed by atoms with E-state index in [2.05, 4.69) is 30.6 Å². The lowest BCUT2D eigenvalue weighted by Crippen LogP contribution is -2.50. The molecule has 2 aromatic heterocycles. The van der Waals surface area contributed by atoms with Crippen molar-refractivity contribution in [2.24, 2.45) is 23.7 Å². The van der Waals surface area contributed by atoms with Gasteiger partial charge in [-0.1, -0.05) is 24.3 Å². The minimum absolute atomic E-state index is 0.0426. The van der Waals surface area contributed by atoms with E-state index in [1.54, 1.807) is 23.3 Å². The predicted octanol–water partition coefficient (Wildman–Crippen LogP) is -0.0492. The molecule has 5 atom stereocenters. The Morgan fingerprint density at radius 1 is 0.680 bits per heavy atom. The normalized spacial score (nSPS) is 14.9. The minimum Gasteiger partial charge on any atom is -0.481 e. The van der Waals surface area contributed by atoms with E-state index in [1.165, 1.54) is 30.1 Å². The number of fused-ring (bicyclic) bond motifs is 1. The average molecular weight is 1070 g/mol. The van der Waals surface area contributed by atoms with Gasteiger partial charge in [-0.3, -0.25) is 67.5 Å². The quantitative estimate of drug-likeness (QED) is 0.0354. The number of carboxylic acids is 5. The third kappa shape index (κ3) is 20.4. The molecule has 1 aromatic carbocycles. The lowest BCUT2D eigenvalue weighted by Gasteiger charge is -2.34. The average Bonchev–Trinajstić information content (AvgIpc) is 3.34. The summed E-state index contributed by atoms with van der Waals surface area (Å²) >= 11 is 1.20. The van der Waals surface area contributed by atoms with Crippen LogP contribution in [0.3, 0.4) is 0 Å². The van der Waals surface area contributed by atoms with E-state index >= 15 is 0 Å². The van der Waals surface area contributed by atoms with Crippen molar-refractivity contribution in [1.82, 2.24) is 40.4 Å². The highest BCUT2D eigenvalue weighted by molar-refractivity contribution is 7.98. The molecule has 0 saturated carbocycles. The van der Waals surface area contributed by atoms with E-state index < -0.39 is 151 Å². The van der Waals surface area contributed by atoms with Gasteiger partial charge < -0.3 is 41.9 Å². The number of hydrogen-bond acceptors (Lipinski definition) is 19. The highest BCUT2D eigenvalue weighted by Gasteiger charge is 2.32. The van der Waals surface area contributed by atoms with Crippen LogP contribution in [-0.4, -0.2) is 184 Å². The first-order chi connectivity index (χ1) is 35.5. The molecule has 75 heavy (non-hydrogen) atoms. The second kappa shape index (κ2) is 29.4. The first-order valence-corrected chi connectivity index (χ1v) is 25.2. The molecule has 10 N–H and O–H groups in total. The minimum atomic E-state index is -1.64. The van der Waals surface area contributed by atoms with Crippen molar-refractivity contribution in [3.8, 4) is 0 Å². The largest absolute Gasteiger partial charge is 0.481 e. The second-order valence-electron chi connectivity index (χ2n) is 18.2. The van der Waals surface area contributed by atoms with E-state index in [4.69, 9.17) is 5.73 Å². The maximum Gasteiger partial charge on any atom is 0.326 e. The first-order valence-electron chi connectivity index (χ1n) is 23.8. The summed E-state index contributed by atoms with van der Waals surface area (Å²) in [5.41, 5.74) is 6.75. The van der Waals surface area contributed by atoms with Crippen LogP contribution in [0.25, 0.3) is 11.2 Å². The molecule has 3 aromatic rings. The number of thioether (sulfide) groups is 1. The van der Waals surface area contributed by atoms with Crippen LogP contribution in [0.5, 0.6) is 0 Å². The van der Waals surface area contributed by atoms with Crippen molar-refractivity contribution < 1.29 is 78.3 Å². The van der Waals surface area contributed by atoms with Gasteiger partial charge >= 0.3 is 29.8 Å². The van der Waals surface area contributed by atoms with Gasteiger partial charge in [-0.05, 0) is 31.1 Å². The van der Waals surface area contributed by atoms with Crippen LogP contribution in [0.15, 0.2) is 35.3 Å². The van der Waals surface area contributed by atoms with Gasteiger partial charge in [0.2, 0.25) is 17.8 Å². The number of ketones is 4. The molecule has 1 saturated heterocycles. The second-order valence-corrected chi connectivity index (χ2v) is 19.1. The Morgan fingerprint density at radius 2 is 1.24 bits per heavy atom. The standard InChI is InChI=1S/C48H61N9O17S/c1-75-25-31(46(71)72)20-34(59)17-29(44(67)68)16-33(58)18-30(45(69)70)19-35(60)24-57-14-12-56(13-15-57)11-10-50-39(63)22-36(47(73)74)53-38(62)9-7-28(43(65)66)21-37(61)27-5-2-26(3-6-27)4-8-32-23-51-41-40(52-32)42(64)55-48(49)54-41/h2-3,5-6,23,28-31,36H,4,7-22,24-25H2,1H3,(H,50,63)(H,53,62)(H,65,66)(H,67,68)(H,69,70)(H,71,72)(H,73,74)(H3,49,51,54,55,64)/t28-,29+,30-,31+,36+/m1/s1. The maximum atomic E-state index is 13.1. The van der Waals surface area contributed by atoms with E-state index in [9.17, 15) is 83.1 Å². The van der Waals surface area contributed by atoms with Crippen LogP contribution >= 0.6 is 11.8 Å². The number of nitrogen functional groups attached to an aromatic ring is 1. The Bertz CT molecular complexity index is 2660. The van der Waals surface area contributed by atoms with Crippen molar-refractivity contribution in [2.75, 3.05) is 63.6 Å². The summed E-state index contributed by atoms with van der Waals surface area (Å²) in [6.07, 6.45) is -0.655. The Hall–Kier alpha value is -7.52. The highest BCUT2D eigenvalue weighted by Crippen LogP contribution is 2.22. The van der Waals surface area contributed by atoms with Gasteiger partial charge in [0, 0.05) is 95.5 Å². The number of carboxylic acid groups (broad SMARTS) is 5. The van der Waals surface area contributed by atoms with Crippen molar-refractivity contribution in [3.05, 3.63) is 57.6 Å². The summed E-state index contributed by atoms with van der Waals surface area (Å²) in [5, 5.41) is 53.0. The van der Waals surface area contributed by atoms with Crippen LogP contribution in [0, 0.1) is 23.7 Å². The molecule has 27 heteroatoms. The van der Waals surface area contributed by atoms with E-state index in [1.807, 2.05) is 4.90 Å². The summed E-state index contributed by atoms with van der Waals surface area (Å²) in [6, 6.07) is 4.82. The maximum absolute atomic E-state index is 13.1. The molecule has 406 valence electrons. The van der Waals surface area contributed by atoms with Gasteiger partial charge in [0.15, 0.2) is 16.9 Å². The van der Waals surface area contributed by atoms with Crippen molar-refractivity contribution in [3.63, 3.8) is 0 Å². The third-order valence-corrected chi connectivity index (χ3v) is 13.1. The van der Waals surface area contributed by atoms with E-state index in [-0.39, 0.29) is 47.9 Å². The number of aryl methyl sites for hydroxylation is 2. The topological polar surface area (TPSA) is 417 Å². The Morgan fingerprint density at radius 3 is 1.80 bits per heavy atom. The smallest absolute Gasteiger partial charge is 0.326 e. The fourth-order valence-electron chi connectivity index (χ4n) is 8.20. The molecule has 0 aliphatic carbocycles. The number of anilines is 1. The molecule has 1 aliphatic rings. The van der Waals surface area contributed by atoms with E-state index in [0.29, 0.717) is 51.3 Å². The number of aromatic amines is 1. The van der Waals surface area contributed by atoms with Gasteiger partial charge in [-0.2, -0.15) is 16.7 Å². The fourth-order valence-corrected chi connectivity index (χ4v) is 8.86. The number of rotatable bonds is 34. The first kappa shape index (κ1) is 60.0. The lowest BCUT2D eigenvalue weighted by molar-refractivity contribution is -0.148. The Balaban J connectivity index is 1.13. The zero-order chi connectivity index (χ0) is 55.4. The number of piperazine rings is 1. The molecule has 2 amide bonds.